The van der Waals surface area contributed by atoms with Gasteiger partial charge in [-0.1, -0.05) is 6.07 Å². The van der Waals surface area contributed by atoms with E-state index in [9.17, 15) is 13.2 Å². The summed E-state index contributed by atoms with van der Waals surface area (Å²) in [5.74, 6) is -1.04. The molecule has 3 aromatic rings. The van der Waals surface area contributed by atoms with Crippen molar-refractivity contribution in [2.75, 3.05) is 0 Å². The predicted octanol–water partition coefficient (Wildman–Crippen LogP) is 0.0971. The number of fused-ring (bicyclic) bond motifs is 1. The van der Waals surface area contributed by atoms with Crippen LogP contribution >= 0.6 is 0 Å². The van der Waals surface area contributed by atoms with Crippen LogP contribution in [0.25, 0.3) is 5.65 Å². The number of hydrogen-bond donors (Lipinski definition) is 2. The summed E-state index contributed by atoms with van der Waals surface area (Å²) in [5.41, 5.74) is 0.0466. The first kappa shape index (κ1) is 13.3. The van der Waals surface area contributed by atoms with Crippen LogP contribution in [0.15, 0.2) is 46.7 Å². The summed E-state index contributed by atoms with van der Waals surface area (Å²) in [5, 5.41) is 8.58. The van der Waals surface area contributed by atoms with Gasteiger partial charge in [-0.2, -0.15) is 0 Å². The lowest BCUT2D eigenvalue weighted by molar-refractivity contribution is 0.459. The summed E-state index contributed by atoms with van der Waals surface area (Å²) in [7, 11) is -3.85. The summed E-state index contributed by atoms with van der Waals surface area (Å²) in [4.78, 5) is 21.0. The van der Waals surface area contributed by atoms with Crippen molar-refractivity contribution in [2.45, 2.75) is 10.9 Å². The Kier molecular flexibility index (Phi) is 2.98. The monoisotopic (exact) mass is 306 g/mol. The maximum absolute atomic E-state index is 12.2. The number of pyridine rings is 1. The number of imidazole rings is 1. The van der Waals surface area contributed by atoms with Crippen LogP contribution in [-0.2, 0) is 15.6 Å². The number of H-pyrrole nitrogens is 1. The average molecular weight is 306 g/mol. The maximum atomic E-state index is 12.2. The lowest BCUT2D eigenvalue weighted by Crippen LogP contribution is -2.16. The largest absolute Gasteiger partial charge is 0.502 e. The van der Waals surface area contributed by atoms with Crippen molar-refractivity contribution in [1.82, 2.24) is 19.4 Å². The third-order valence-electron chi connectivity index (χ3n) is 2.80. The molecule has 0 aliphatic carbocycles. The minimum Gasteiger partial charge on any atom is -0.502 e. The molecule has 0 spiro atoms. The van der Waals surface area contributed by atoms with Crippen molar-refractivity contribution in [3.63, 3.8) is 0 Å². The Morgan fingerprint density at radius 3 is 2.86 bits per heavy atom. The molecule has 8 nitrogen and oxygen atoms in total. The molecule has 0 saturated carbocycles. The third-order valence-corrected chi connectivity index (χ3v) is 4.28. The van der Waals surface area contributed by atoms with E-state index in [0.717, 1.165) is 6.20 Å². The van der Waals surface area contributed by atoms with Gasteiger partial charge in [0, 0.05) is 12.4 Å². The Labute approximate surface area is 118 Å². The maximum Gasteiger partial charge on any atom is 0.293 e. The lowest BCUT2D eigenvalue weighted by atomic mass is 10.5. The van der Waals surface area contributed by atoms with E-state index in [1.54, 1.807) is 35.0 Å². The molecule has 0 bridgehead atoms. The van der Waals surface area contributed by atoms with Crippen LogP contribution in [0.5, 0.6) is 5.75 Å². The molecule has 3 aromatic heterocycles. The molecular formula is C12H10N4O4S. The molecule has 0 aromatic carbocycles. The first-order chi connectivity index (χ1) is 9.95. The molecular weight excluding hydrogens is 296 g/mol. The van der Waals surface area contributed by atoms with Crippen molar-refractivity contribution in [2.24, 2.45) is 0 Å². The van der Waals surface area contributed by atoms with Gasteiger partial charge < -0.3 is 9.51 Å². The molecule has 0 fully saturated rings. The number of sulfone groups is 1. The molecule has 0 aliphatic rings. The fourth-order valence-corrected chi connectivity index (χ4v) is 2.98. The number of aromatic amines is 1. The number of nitrogens with zero attached hydrogens (tertiary/aromatic N) is 3. The molecule has 0 radical (unpaired) electrons. The highest BCUT2D eigenvalue weighted by Gasteiger charge is 2.20. The number of rotatable bonds is 3. The number of aromatic hydroxyl groups is 1. The first-order valence-electron chi connectivity index (χ1n) is 5.89. The van der Waals surface area contributed by atoms with Gasteiger partial charge in [0.15, 0.2) is 5.75 Å². The van der Waals surface area contributed by atoms with E-state index in [-0.39, 0.29) is 0 Å². The van der Waals surface area contributed by atoms with Gasteiger partial charge >= 0.3 is 0 Å². The first-order valence-corrected chi connectivity index (χ1v) is 7.54. The fourth-order valence-electron chi connectivity index (χ4n) is 1.85. The van der Waals surface area contributed by atoms with Gasteiger partial charge in [-0.3, -0.25) is 9.78 Å². The summed E-state index contributed by atoms with van der Waals surface area (Å²) in [6.07, 6.45) is 4.14. The molecule has 0 aliphatic heterocycles. The Bertz CT molecular complexity index is 941. The van der Waals surface area contributed by atoms with E-state index in [1.807, 2.05) is 4.98 Å². The molecule has 3 rings (SSSR count). The minimum atomic E-state index is -3.85. The van der Waals surface area contributed by atoms with E-state index in [2.05, 4.69) is 9.97 Å². The highest BCUT2D eigenvalue weighted by atomic mass is 32.2. The van der Waals surface area contributed by atoms with E-state index >= 15 is 0 Å². The van der Waals surface area contributed by atoms with Crippen LogP contribution in [0.3, 0.4) is 0 Å². The van der Waals surface area contributed by atoms with Gasteiger partial charge in [0.1, 0.15) is 11.4 Å². The molecule has 108 valence electrons. The second kappa shape index (κ2) is 4.70. The van der Waals surface area contributed by atoms with Crippen LogP contribution in [0, 0.1) is 0 Å². The van der Waals surface area contributed by atoms with Gasteiger partial charge in [0.2, 0.25) is 15.0 Å². The highest BCUT2D eigenvalue weighted by Crippen LogP contribution is 2.13. The Balaban J connectivity index is 1.98. The summed E-state index contributed by atoms with van der Waals surface area (Å²) < 4.78 is 26.0. The van der Waals surface area contributed by atoms with E-state index in [4.69, 9.17) is 5.11 Å². The fraction of sp³-hybridized carbons (Fsp3) is 0.0833. The van der Waals surface area contributed by atoms with Gasteiger partial charge in [-0.05, 0) is 12.1 Å². The number of nitrogens with one attached hydrogen (secondary N) is 1. The van der Waals surface area contributed by atoms with E-state index < -0.39 is 32.1 Å². The molecule has 9 heteroatoms. The summed E-state index contributed by atoms with van der Waals surface area (Å²) in [6, 6.07) is 5.34. The Morgan fingerprint density at radius 2 is 2.14 bits per heavy atom. The third kappa shape index (κ3) is 2.50. The molecule has 0 saturated heterocycles. The van der Waals surface area contributed by atoms with Crippen LogP contribution in [0.1, 0.15) is 5.69 Å². The number of hydrogen-bond acceptors (Lipinski definition) is 6. The molecule has 0 atom stereocenters. The van der Waals surface area contributed by atoms with E-state index in [0.29, 0.717) is 11.3 Å². The van der Waals surface area contributed by atoms with E-state index in [1.165, 1.54) is 0 Å². The van der Waals surface area contributed by atoms with Crippen molar-refractivity contribution in [1.29, 1.82) is 0 Å². The normalized spacial score (nSPS) is 11.8. The second-order valence-corrected chi connectivity index (χ2v) is 6.27. The van der Waals surface area contributed by atoms with Crippen LogP contribution < -0.4 is 5.56 Å². The molecule has 0 unspecified atom stereocenters. The van der Waals surface area contributed by atoms with Gasteiger partial charge in [0.05, 0.1) is 11.9 Å². The van der Waals surface area contributed by atoms with Crippen LogP contribution in [0.2, 0.25) is 0 Å². The topological polar surface area (TPSA) is 117 Å². The second-order valence-electron chi connectivity index (χ2n) is 4.36. The summed E-state index contributed by atoms with van der Waals surface area (Å²) >= 11 is 0. The lowest BCUT2D eigenvalue weighted by Gasteiger charge is -2.01. The molecule has 3 heterocycles. The zero-order chi connectivity index (χ0) is 15.0. The van der Waals surface area contributed by atoms with Crippen molar-refractivity contribution in [3.8, 4) is 5.75 Å². The zero-order valence-corrected chi connectivity index (χ0v) is 11.4. The average Bonchev–Trinajstić information content (AvgIpc) is 2.82. The quantitative estimate of drug-likeness (QED) is 0.663. The van der Waals surface area contributed by atoms with Crippen molar-refractivity contribution >= 4 is 15.5 Å². The molecule has 21 heavy (non-hydrogen) atoms. The molecule has 2 N–H and O–H groups in total. The smallest absolute Gasteiger partial charge is 0.293 e. The minimum absolute atomic E-state index is 0.330. The molecule has 0 amide bonds. The predicted molar refractivity (Wildman–Crippen MR) is 72.6 cm³/mol. The standard InChI is InChI=1S/C12H10N4O4S/c17-9-5-13-12(15-11(9)18)21(19,20)7-8-6-16-4-2-1-3-10(16)14-8/h1-6,17H,7H2,(H,13,15,18). The van der Waals surface area contributed by atoms with Crippen LogP contribution in [-0.4, -0.2) is 32.9 Å². The zero-order valence-electron chi connectivity index (χ0n) is 10.6. The Morgan fingerprint density at radius 1 is 1.33 bits per heavy atom. The van der Waals surface area contributed by atoms with Gasteiger partial charge in [0.25, 0.3) is 5.56 Å². The van der Waals surface area contributed by atoms with Gasteiger partial charge in [-0.25, -0.2) is 18.4 Å². The van der Waals surface area contributed by atoms with Crippen molar-refractivity contribution in [3.05, 3.63) is 52.8 Å². The number of aromatic nitrogens is 4. The van der Waals surface area contributed by atoms with Crippen LogP contribution in [0.4, 0.5) is 0 Å². The van der Waals surface area contributed by atoms with Gasteiger partial charge in [-0.15, -0.1) is 0 Å². The Hall–Kier alpha value is -2.68. The highest BCUT2D eigenvalue weighted by molar-refractivity contribution is 7.90. The summed E-state index contributed by atoms with van der Waals surface area (Å²) in [6.45, 7) is 0. The van der Waals surface area contributed by atoms with Crippen molar-refractivity contribution < 1.29 is 13.5 Å². The SMILES string of the molecule is O=c1[nH]c(S(=O)(=O)Cc2cn3ccccc3n2)ncc1O.